The number of likely N-dealkylation sites (tertiary alicyclic amines) is 1. The Hall–Kier alpha value is 1.03. The van der Waals surface area contributed by atoms with E-state index >= 15 is 0 Å². The van der Waals surface area contributed by atoms with Crippen LogP contribution >= 0.6 is 0 Å². The number of rotatable bonds is 4. The summed E-state index contributed by atoms with van der Waals surface area (Å²) in [5.41, 5.74) is 0. The van der Waals surface area contributed by atoms with Gasteiger partial charge in [0, 0.05) is 13.1 Å². The molecule has 1 aliphatic rings. The van der Waals surface area contributed by atoms with E-state index in [-0.39, 0.29) is 63.2 Å². The van der Waals surface area contributed by atoms with Gasteiger partial charge in [0.15, 0.2) is 0 Å². The molecule has 1 aliphatic heterocycles. The van der Waals surface area contributed by atoms with Crippen LogP contribution in [0.2, 0.25) is 0 Å². The van der Waals surface area contributed by atoms with E-state index in [1.54, 1.807) is 0 Å². The van der Waals surface area contributed by atoms with Crippen molar-refractivity contribution in [3.63, 3.8) is 0 Å². The van der Waals surface area contributed by atoms with Gasteiger partial charge in [-0.3, -0.25) is 11.8 Å². The van der Waals surface area contributed by atoms with Gasteiger partial charge in [0.2, 0.25) is 5.91 Å². The van der Waals surface area contributed by atoms with Gasteiger partial charge >= 0.3 is 51.4 Å². The standard InChI is InChI=1S/C9H18N3O.C2H6.K/c1-10-4-5-11-9(13)8-3-6-12(2)7-8;1-2;/h8,10H,1,3-7H2,2H3,(H,11,13);1-2H3;/q-1;;+1. The fraction of sp³-hybridized carbons (Fsp3) is 0.818. The molecule has 0 radical (unpaired) electrons. The van der Waals surface area contributed by atoms with Crippen molar-refractivity contribution in [2.75, 3.05) is 33.2 Å². The molecule has 1 unspecified atom stereocenters. The monoisotopic (exact) mass is 253 g/mol. The molecular weight excluding hydrogens is 229 g/mol. The first-order chi connectivity index (χ1) is 7.24. The van der Waals surface area contributed by atoms with Gasteiger partial charge in [0.25, 0.3) is 0 Å². The van der Waals surface area contributed by atoms with Crippen LogP contribution in [0.15, 0.2) is 0 Å². The molecule has 1 rings (SSSR count). The second-order valence-corrected chi connectivity index (χ2v) is 3.54. The van der Waals surface area contributed by atoms with E-state index in [0.29, 0.717) is 6.54 Å². The van der Waals surface area contributed by atoms with Crippen LogP contribution in [0.3, 0.4) is 0 Å². The summed E-state index contributed by atoms with van der Waals surface area (Å²) in [4.78, 5) is 13.7. The Kier molecular flexibility index (Phi) is 15.1. The van der Waals surface area contributed by atoms with E-state index in [1.165, 1.54) is 0 Å². The first-order valence-electron chi connectivity index (χ1n) is 5.70. The molecule has 1 amide bonds. The third-order valence-corrected chi connectivity index (χ3v) is 2.36. The molecule has 0 aromatic carbocycles. The number of nitrogens with one attached hydrogen (secondary N) is 2. The zero-order valence-electron chi connectivity index (χ0n) is 11.2. The van der Waals surface area contributed by atoms with Crippen molar-refractivity contribution in [1.82, 2.24) is 15.5 Å². The Morgan fingerprint density at radius 2 is 2.06 bits per heavy atom. The Labute approximate surface area is 142 Å². The number of carbonyl (C=O) groups excluding carboxylic acids is 1. The van der Waals surface area contributed by atoms with E-state index in [2.05, 4.69) is 22.6 Å². The summed E-state index contributed by atoms with van der Waals surface area (Å²) >= 11 is 0. The number of hydrogen-bond donors (Lipinski definition) is 2. The fourth-order valence-corrected chi connectivity index (χ4v) is 1.57. The van der Waals surface area contributed by atoms with Crippen molar-refractivity contribution in [2.24, 2.45) is 5.92 Å². The maximum atomic E-state index is 11.5. The third kappa shape index (κ3) is 8.17. The summed E-state index contributed by atoms with van der Waals surface area (Å²) < 4.78 is 0. The van der Waals surface area contributed by atoms with E-state index < -0.39 is 0 Å². The Morgan fingerprint density at radius 1 is 1.44 bits per heavy atom. The first-order valence-corrected chi connectivity index (χ1v) is 5.70. The number of carbonyl (C=O) groups is 1. The molecule has 1 heterocycles. The van der Waals surface area contributed by atoms with Gasteiger partial charge < -0.3 is 15.5 Å². The van der Waals surface area contributed by atoms with Crippen molar-refractivity contribution in [1.29, 1.82) is 0 Å². The predicted molar refractivity (Wildman–Crippen MR) is 63.3 cm³/mol. The molecule has 90 valence electrons. The van der Waals surface area contributed by atoms with Gasteiger partial charge in [0.05, 0.1) is 5.92 Å². The van der Waals surface area contributed by atoms with Crippen molar-refractivity contribution in [2.45, 2.75) is 20.3 Å². The maximum Gasteiger partial charge on any atom is 1.00 e. The molecular formula is C11H24KN3O. The first kappa shape index (κ1) is 19.4. The SMILES string of the molecule is CC.[CH2-]NCCNC(=O)C1CCN(C)C1.[K+]. The van der Waals surface area contributed by atoms with Crippen molar-refractivity contribution >= 4 is 5.91 Å². The van der Waals surface area contributed by atoms with Gasteiger partial charge in [-0.1, -0.05) is 13.8 Å². The molecule has 0 saturated carbocycles. The molecule has 1 fully saturated rings. The Bertz CT molecular complexity index is 179. The van der Waals surface area contributed by atoms with Crippen LogP contribution in [0, 0.1) is 13.0 Å². The van der Waals surface area contributed by atoms with Crippen molar-refractivity contribution in [3.8, 4) is 0 Å². The zero-order valence-corrected chi connectivity index (χ0v) is 14.3. The summed E-state index contributed by atoms with van der Waals surface area (Å²) in [6.07, 6.45) is 0.986. The second kappa shape index (κ2) is 12.5. The zero-order chi connectivity index (χ0) is 11.7. The summed E-state index contributed by atoms with van der Waals surface area (Å²) in [7, 11) is 5.53. The molecule has 1 saturated heterocycles. The molecule has 5 heteroatoms. The van der Waals surface area contributed by atoms with E-state index in [1.807, 2.05) is 20.9 Å². The van der Waals surface area contributed by atoms with Gasteiger partial charge in [0.1, 0.15) is 0 Å². The minimum atomic E-state index is 0. The van der Waals surface area contributed by atoms with Crippen LogP contribution in [-0.2, 0) is 4.79 Å². The average molecular weight is 253 g/mol. The Balaban J connectivity index is 0. The van der Waals surface area contributed by atoms with Gasteiger partial charge in [-0.15, -0.1) is 0 Å². The summed E-state index contributed by atoms with van der Waals surface area (Å²) in [6.45, 7) is 7.33. The quantitative estimate of drug-likeness (QED) is 0.330. The molecule has 0 aliphatic carbocycles. The summed E-state index contributed by atoms with van der Waals surface area (Å²) in [6, 6.07) is 0. The number of amides is 1. The topological polar surface area (TPSA) is 44.4 Å². The molecule has 2 N–H and O–H groups in total. The van der Waals surface area contributed by atoms with Crippen LogP contribution in [-0.4, -0.2) is 44.0 Å². The predicted octanol–water partition coefficient (Wildman–Crippen LogP) is -2.53. The van der Waals surface area contributed by atoms with Crippen LogP contribution in [0.4, 0.5) is 0 Å². The molecule has 0 bridgehead atoms. The normalized spacial score (nSPS) is 19.4. The molecule has 0 aromatic rings. The van der Waals surface area contributed by atoms with Crippen LogP contribution in [0.1, 0.15) is 20.3 Å². The summed E-state index contributed by atoms with van der Waals surface area (Å²) in [5, 5.41) is 5.63. The van der Waals surface area contributed by atoms with Crippen LogP contribution < -0.4 is 62.0 Å². The van der Waals surface area contributed by atoms with Crippen molar-refractivity contribution in [3.05, 3.63) is 7.05 Å². The van der Waals surface area contributed by atoms with E-state index in [0.717, 1.165) is 26.1 Å². The van der Waals surface area contributed by atoms with Crippen LogP contribution in [0.5, 0.6) is 0 Å². The van der Waals surface area contributed by atoms with Gasteiger partial charge in [-0.05, 0) is 26.6 Å². The van der Waals surface area contributed by atoms with Crippen molar-refractivity contribution < 1.29 is 56.2 Å². The maximum absolute atomic E-state index is 11.5. The molecule has 16 heavy (non-hydrogen) atoms. The average Bonchev–Trinajstić information content (AvgIpc) is 2.68. The molecule has 0 aromatic heterocycles. The minimum Gasteiger partial charge on any atom is -0.471 e. The van der Waals surface area contributed by atoms with Gasteiger partial charge in [-0.25, -0.2) is 0 Å². The fourth-order valence-electron chi connectivity index (χ4n) is 1.57. The molecule has 1 atom stereocenters. The molecule has 4 nitrogen and oxygen atoms in total. The number of hydrogen-bond acceptors (Lipinski definition) is 3. The second-order valence-electron chi connectivity index (χ2n) is 3.54. The number of nitrogens with zero attached hydrogens (tertiary/aromatic N) is 1. The molecule has 0 spiro atoms. The van der Waals surface area contributed by atoms with Crippen LogP contribution in [0.25, 0.3) is 0 Å². The van der Waals surface area contributed by atoms with E-state index in [4.69, 9.17) is 0 Å². The van der Waals surface area contributed by atoms with E-state index in [9.17, 15) is 4.79 Å². The summed E-state index contributed by atoms with van der Waals surface area (Å²) in [5.74, 6) is 0.370. The van der Waals surface area contributed by atoms with Gasteiger partial charge in [-0.2, -0.15) is 0 Å². The largest absolute Gasteiger partial charge is 1.00 e. The Morgan fingerprint density at radius 3 is 2.50 bits per heavy atom. The smallest absolute Gasteiger partial charge is 0.471 e. The minimum absolute atomic E-state index is 0. The third-order valence-electron chi connectivity index (χ3n) is 2.36.